The van der Waals surface area contributed by atoms with Crippen molar-refractivity contribution >= 4 is 28.5 Å². The number of aryl methyl sites for hydroxylation is 1. The fourth-order valence-corrected chi connectivity index (χ4v) is 2.74. The Kier molecular flexibility index (Phi) is 3.69. The first-order valence-electron chi connectivity index (χ1n) is 7.84. The highest BCUT2D eigenvalue weighted by atomic mass is 35.5. The number of aromatic nitrogens is 4. The van der Waals surface area contributed by atoms with Crippen molar-refractivity contribution in [3.05, 3.63) is 41.3 Å². The first-order valence-corrected chi connectivity index (χ1v) is 8.22. The van der Waals surface area contributed by atoms with Gasteiger partial charge in [0.25, 0.3) is 5.91 Å². The topological polar surface area (TPSA) is 72.7 Å². The van der Waals surface area contributed by atoms with E-state index in [-0.39, 0.29) is 5.91 Å². The lowest BCUT2D eigenvalue weighted by molar-refractivity contribution is 0.0953. The van der Waals surface area contributed by atoms with E-state index in [2.05, 4.69) is 20.4 Å². The SMILES string of the molecule is Cn1ncc2c(C(=O)NCC3CC3)cc(-c3ccc(Cl)nc3)nc21. The number of carbonyl (C=O) groups excluding carboxylic acids is 1. The molecular formula is C17H16ClN5O. The normalized spacial score (nSPS) is 14.1. The average Bonchev–Trinajstić information content (AvgIpc) is 3.35. The molecule has 7 heteroatoms. The molecule has 1 aliphatic carbocycles. The van der Waals surface area contributed by atoms with Gasteiger partial charge in [-0.25, -0.2) is 9.97 Å². The number of hydrogen-bond acceptors (Lipinski definition) is 4. The molecule has 0 aliphatic heterocycles. The number of halogens is 1. The zero-order valence-electron chi connectivity index (χ0n) is 13.2. The lowest BCUT2D eigenvalue weighted by atomic mass is 10.1. The number of hydrogen-bond donors (Lipinski definition) is 1. The summed E-state index contributed by atoms with van der Waals surface area (Å²) < 4.78 is 1.67. The summed E-state index contributed by atoms with van der Waals surface area (Å²) in [7, 11) is 1.81. The Morgan fingerprint density at radius 3 is 2.92 bits per heavy atom. The van der Waals surface area contributed by atoms with E-state index >= 15 is 0 Å². The van der Waals surface area contributed by atoms with Crippen LogP contribution in [0.5, 0.6) is 0 Å². The molecule has 3 aromatic rings. The van der Waals surface area contributed by atoms with Crippen LogP contribution in [0.2, 0.25) is 5.15 Å². The molecule has 24 heavy (non-hydrogen) atoms. The molecule has 0 spiro atoms. The van der Waals surface area contributed by atoms with Crippen molar-refractivity contribution in [1.82, 2.24) is 25.1 Å². The second-order valence-electron chi connectivity index (χ2n) is 6.08. The van der Waals surface area contributed by atoms with Gasteiger partial charge < -0.3 is 5.32 Å². The fourth-order valence-electron chi connectivity index (χ4n) is 2.63. The molecular weight excluding hydrogens is 326 g/mol. The summed E-state index contributed by atoms with van der Waals surface area (Å²) in [5.41, 5.74) is 2.73. The van der Waals surface area contributed by atoms with Gasteiger partial charge in [-0.1, -0.05) is 11.6 Å². The van der Waals surface area contributed by atoms with Crippen molar-refractivity contribution in [2.24, 2.45) is 13.0 Å². The average molecular weight is 342 g/mol. The quantitative estimate of drug-likeness (QED) is 0.741. The van der Waals surface area contributed by atoms with Gasteiger partial charge in [-0.05, 0) is 37.0 Å². The van der Waals surface area contributed by atoms with Crippen LogP contribution in [0.3, 0.4) is 0 Å². The smallest absolute Gasteiger partial charge is 0.252 e. The van der Waals surface area contributed by atoms with E-state index in [1.54, 1.807) is 29.2 Å². The van der Waals surface area contributed by atoms with Crippen molar-refractivity contribution in [3.8, 4) is 11.3 Å². The molecule has 0 bridgehead atoms. The molecule has 0 unspecified atom stereocenters. The molecule has 1 saturated carbocycles. The van der Waals surface area contributed by atoms with Crippen LogP contribution in [0.25, 0.3) is 22.3 Å². The van der Waals surface area contributed by atoms with Crippen LogP contribution in [-0.4, -0.2) is 32.2 Å². The van der Waals surface area contributed by atoms with Crippen LogP contribution in [0.4, 0.5) is 0 Å². The van der Waals surface area contributed by atoms with Gasteiger partial charge in [-0.3, -0.25) is 9.48 Å². The highest BCUT2D eigenvalue weighted by Gasteiger charge is 2.23. The Bertz CT molecular complexity index is 915. The molecule has 0 radical (unpaired) electrons. The fraction of sp³-hybridized carbons (Fsp3) is 0.294. The van der Waals surface area contributed by atoms with Crippen molar-refractivity contribution in [2.45, 2.75) is 12.8 Å². The molecule has 0 atom stereocenters. The number of nitrogens with zero attached hydrogens (tertiary/aromatic N) is 4. The minimum atomic E-state index is -0.0922. The maximum Gasteiger partial charge on any atom is 0.252 e. The van der Waals surface area contributed by atoms with Crippen LogP contribution in [-0.2, 0) is 7.05 Å². The standard InChI is InChI=1S/C17H16ClN5O/c1-23-16-13(9-21-23)12(17(24)20-7-10-2-3-10)6-14(22-16)11-4-5-15(18)19-8-11/h4-6,8-10H,2-3,7H2,1H3,(H,20,24). The summed E-state index contributed by atoms with van der Waals surface area (Å²) >= 11 is 5.85. The van der Waals surface area contributed by atoms with Crippen molar-refractivity contribution in [2.75, 3.05) is 6.54 Å². The maximum atomic E-state index is 12.6. The van der Waals surface area contributed by atoms with Crippen molar-refractivity contribution in [3.63, 3.8) is 0 Å². The largest absolute Gasteiger partial charge is 0.352 e. The van der Waals surface area contributed by atoms with Crippen molar-refractivity contribution < 1.29 is 4.79 Å². The van der Waals surface area contributed by atoms with Crippen LogP contribution in [0, 0.1) is 5.92 Å². The number of rotatable bonds is 4. The van der Waals surface area contributed by atoms with Crippen LogP contribution in [0.15, 0.2) is 30.6 Å². The second kappa shape index (κ2) is 5.87. The van der Waals surface area contributed by atoms with E-state index < -0.39 is 0 Å². The highest BCUT2D eigenvalue weighted by Crippen LogP contribution is 2.28. The minimum Gasteiger partial charge on any atom is -0.352 e. The number of amides is 1. The monoisotopic (exact) mass is 341 g/mol. The molecule has 1 amide bonds. The van der Waals surface area contributed by atoms with Crippen LogP contribution < -0.4 is 5.32 Å². The van der Waals surface area contributed by atoms with E-state index in [1.807, 2.05) is 13.1 Å². The van der Waals surface area contributed by atoms with E-state index in [1.165, 1.54) is 12.8 Å². The van der Waals surface area contributed by atoms with E-state index in [4.69, 9.17) is 11.6 Å². The van der Waals surface area contributed by atoms with Gasteiger partial charge >= 0.3 is 0 Å². The molecule has 0 saturated heterocycles. The molecule has 122 valence electrons. The Hall–Kier alpha value is -2.47. The highest BCUT2D eigenvalue weighted by molar-refractivity contribution is 6.29. The Balaban J connectivity index is 1.78. The Labute approximate surface area is 143 Å². The molecule has 1 N–H and O–H groups in total. The summed E-state index contributed by atoms with van der Waals surface area (Å²) in [5.74, 6) is 0.533. The molecule has 1 aliphatic rings. The second-order valence-corrected chi connectivity index (χ2v) is 6.47. The maximum absolute atomic E-state index is 12.6. The minimum absolute atomic E-state index is 0.0922. The van der Waals surface area contributed by atoms with Gasteiger partial charge in [0, 0.05) is 25.4 Å². The van der Waals surface area contributed by atoms with Crippen LogP contribution >= 0.6 is 11.6 Å². The Morgan fingerprint density at radius 1 is 1.38 bits per heavy atom. The lowest BCUT2D eigenvalue weighted by Gasteiger charge is -2.08. The number of pyridine rings is 2. The molecule has 0 aromatic carbocycles. The summed E-state index contributed by atoms with van der Waals surface area (Å²) in [4.78, 5) is 21.3. The predicted octanol–water partition coefficient (Wildman–Crippen LogP) is 2.82. The molecule has 6 nitrogen and oxygen atoms in total. The zero-order valence-corrected chi connectivity index (χ0v) is 13.9. The Morgan fingerprint density at radius 2 is 2.21 bits per heavy atom. The van der Waals surface area contributed by atoms with E-state index in [0.717, 1.165) is 17.5 Å². The first kappa shape index (κ1) is 15.1. The summed E-state index contributed by atoms with van der Waals surface area (Å²) in [6.07, 6.45) is 5.72. The first-order chi connectivity index (χ1) is 11.6. The predicted molar refractivity (Wildman–Crippen MR) is 91.8 cm³/mol. The lowest BCUT2D eigenvalue weighted by Crippen LogP contribution is -2.25. The molecule has 3 aromatic heterocycles. The summed E-state index contributed by atoms with van der Waals surface area (Å²) in [6, 6.07) is 5.34. The van der Waals surface area contributed by atoms with E-state index in [9.17, 15) is 4.79 Å². The van der Waals surface area contributed by atoms with Gasteiger partial charge in [0.05, 0.1) is 22.8 Å². The third-order valence-electron chi connectivity index (χ3n) is 4.22. The summed E-state index contributed by atoms with van der Waals surface area (Å²) in [6.45, 7) is 0.723. The number of nitrogens with one attached hydrogen (secondary N) is 1. The number of fused-ring (bicyclic) bond motifs is 1. The molecule has 3 heterocycles. The van der Waals surface area contributed by atoms with Gasteiger partial charge in [-0.15, -0.1) is 0 Å². The van der Waals surface area contributed by atoms with Gasteiger partial charge in [0.2, 0.25) is 0 Å². The zero-order chi connectivity index (χ0) is 16.7. The van der Waals surface area contributed by atoms with Crippen molar-refractivity contribution in [1.29, 1.82) is 0 Å². The van der Waals surface area contributed by atoms with Gasteiger partial charge in [-0.2, -0.15) is 5.10 Å². The van der Waals surface area contributed by atoms with Gasteiger partial charge in [0.15, 0.2) is 5.65 Å². The molecule has 1 fully saturated rings. The van der Waals surface area contributed by atoms with Crippen LogP contribution in [0.1, 0.15) is 23.2 Å². The summed E-state index contributed by atoms with van der Waals surface area (Å²) in [5, 5.41) is 8.41. The third kappa shape index (κ3) is 2.85. The molecule has 4 rings (SSSR count). The van der Waals surface area contributed by atoms with Gasteiger partial charge in [0.1, 0.15) is 5.15 Å². The van der Waals surface area contributed by atoms with E-state index in [0.29, 0.717) is 28.0 Å². The third-order valence-corrected chi connectivity index (χ3v) is 4.44. The number of carbonyl (C=O) groups is 1.